The molecule has 7 heteroatoms. The summed E-state index contributed by atoms with van der Waals surface area (Å²) < 4.78 is 15.6. The minimum atomic E-state index is 0.0284. The van der Waals surface area contributed by atoms with Gasteiger partial charge in [0, 0.05) is 53.0 Å². The van der Waals surface area contributed by atoms with Crippen molar-refractivity contribution in [2.24, 2.45) is 0 Å². The van der Waals surface area contributed by atoms with Crippen LogP contribution in [0.1, 0.15) is 12.0 Å². The number of methoxy groups -OCH3 is 3. The molecule has 1 saturated heterocycles. The Morgan fingerprint density at radius 3 is 2.46 bits per heavy atom. The van der Waals surface area contributed by atoms with Crippen LogP contribution in [0.3, 0.4) is 0 Å². The van der Waals surface area contributed by atoms with Gasteiger partial charge in [-0.1, -0.05) is 6.07 Å². The van der Waals surface area contributed by atoms with Gasteiger partial charge >= 0.3 is 6.03 Å². The van der Waals surface area contributed by atoms with Crippen LogP contribution in [0.25, 0.3) is 0 Å². The predicted molar refractivity (Wildman–Crippen MR) is 101 cm³/mol. The number of hydrogen-bond acceptors (Lipinski definition) is 5. The Labute approximate surface area is 156 Å². The molecule has 0 unspecified atom stereocenters. The van der Waals surface area contributed by atoms with Gasteiger partial charge in [-0.3, -0.25) is 4.90 Å². The van der Waals surface area contributed by atoms with E-state index in [1.165, 1.54) is 5.56 Å². The summed E-state index contributed by atoms with van der Waals surface area (Å²) in [6.45, 7) is 5.64. The summed E-state index contributed by atoms with van der Waals surface area (Å²) in [7, 11) is 4.97. The number of urea groups is 1. The summed E-state index contributed by atoms with van der Waals surface area (Å²) in [5.74, 6) is 1.52. The SMILES string of the molecule is COCCCNC(=O)N1CCN(CCc2ccc(OC)c(OC)c2)CC1. The topological polar surface area (TPSA) is 63.3 Å². The lowest BCUT2D eigenvalue weighted by Gasteiger charge is -2.34. The average molecular weight is 365 g/mol. The highest BCUT2D eigenvalue weighted by Gasteiger charge is 2.20. The summed E-state index contributed by atoms with van der Waals surface area (Å²) >= 11 is 0. The molecular weight excluding hydrogens is 334 g/mol. The molecule has 1 aliphatic heterocycles. The standard InChI is InChI=1S/C19H31N3O4/c1-24-14-4-8-20-19(23)22-12-10-21(11-13-22)9-7-16-5-6-17(25-2)18(15-16)26-3/h5-6,15H,4,7-14H2,1-3H3,(H,20,23). The predicted octanol–water partition coefficient (Wildman–Crippen LogP) is 1.61. The fourth-order valence-corrected chi connectivity index (χ4v) is 3.02. The zero-order chi connectivity index (χ0) is 18.8. The van der Waals surface area contributed by atoms with Gasteiger partial charge in [0.05, 0.1) is 14.2 Å². The van der Waals surface area contributed by atoms with Crippen molar-refractivity contribution in [3.8, 4) is 11.5 Å². The lowest BCUT2D eigenvalue weighted by molar-refractivity contribution is 0.139. The minimum Gasteiger partial charge on any atom is -0.493 e. The van der Waals surface area contributed by atoms with Crippen LogP contribution < -0.4 is 14.8 Å². The van der Waals surface area contributed by atoms with Crippen LogP contribution in [0.15, 0.2) is 18.2 Å². The van der Waals surface area contributed by atoms with E-state index in [0.717, 1.165) is 57.1 Å². The van der Waals surface area contributed by atoms with E-state index in [9.17, 15) is 4.79 Å². The second-order valence-electron chi connectivity index (χ2n) is 6.35. The molecule has 0 saturated carbocycles. The number of nitrogens with one attached hydrogen (secondary N) is 1. The summed E-state index contributed by atoms with van der Waals surface area (Å²) in [5, 5.41) is 2.95. The van der Waals surface area contributed by atoms with Crippen LogP contribution in [0.4, 0.5) is 4.79 Å². The molecule has 1 aliphatic rings. The first-order valence-corrected chi connectivity index (χ1v) is 9.13. The third-order valence-corrected chi connectivity index (χ3v) is 4.63. The normalized spacial score (nSPS) is 15.0. The van der Waals surface area contributed by atoms with E-state index < -0.39 is 0 Å². The van der Waals surface area contributed by atoms with Crippen LogP contribution in [-0.4, -0.2) is 83.0 Å². The Bertz CT molecular complexity index is 560. The largest absolute Gasteiger partial charge is 0.493 e. The van der Waals surface area contributed by atoms with E-state index in [4.69, 9.17) is 14.2 Å². The first-order valence-electron chi connectivity index (χ1n) is 9.13. The molecule has 0 radical (unpaired) electrons. The maximum atomic E-state index is 12.1. The van der Waals surface area contributed by atoms with Gasteiger partial charge in [0.1, 0.15) is 0 Å². The quantitative estimate of drug-likeness (QED) is 0.674. The molecule has 1 N–H and O–H groups in total. The number of piperazine rings is 1. The van der Waals surface area contributed by atoms with Crippen LogP contribution in [0, 0.1) is 0 Å². The molecule has 1 aromatic rings. The molecular formula is C19H31N3O4. The van der Waals surface area contributed by atoms with Crippen molar-refractivity contribution in [3.05, 3.63) is 23.8 Å². The Kier molecular flexibility index (Phi) is 8.50. The molecule has 7 nitrogen and oxygen atoms in total. The molecule has 2 rings (SSSR count). The maximum absolute atomic E-state index is 12.1. The van der Waals surface area contributed by atoms with Crippen molar-refractivity contribution in [2.75, 3.05) is 67.2 Å². The molecule has 1 aromatic carbocycles. The van der Waals surface area contributed by atoms with Gasteiger partial charge in [-0.05, 0) is 30.5 Å². The van der Waals surface area contributed by atoms with Crippen molar-refractivity contribution >= 4 is 6.03 Å². The van der Waals surface area contributed by atoms with E-state index >= 15 is 0 Å². The van der Waals surface area contributed by atoms with Gasteiger partial charge in [0.15, 0.2) is 11.5 Å². The van der Waals surface area contributed by atoms with E-state index in [1.807, 2.05) is 17.0 Å². The maximum Gasteiger partial charge on any atom is 0.317 e. The van der Waals surface area contributed by atoms with Gasteiger partial charge in [-0.2, -0.15) is 0 Å². The first-order chi connectivity index (χ1) is 12.7. The summed E-state index contributed by atoms with van der Waals surface area (Å²) in [6.07, 6.45) is 1.79. The zero-order valence-corrected chi connectivity index (χ0v) is 16.1. The number of benzene rings is 1. The Hall–Kier alpha value is -1.99. The summed E-state index contributed by atoms with van der Waals surface area (Å²) in [5.41, 5.74) is 1.22. The molecule has 2 amide bonds. The van der Waals surface area contributed by atoms with Crippen LogP contribution in [0.5, 0.6) is 11.5 Å². The van der Waals surface area contributed by atoms with Crippen molar-refractivity contribution in [3.63, 3.8) is 0 Å². The lowest BCUT2D eigenvalue weighted by atomic mass is 10.1. The number of nitrogens with zero attached hydrogens (tertiary/aromatic N) is 2. The van der Waals surface area contributed by atoms with Crippen molar-refractivity contribution < 1.29 is 19.0 Å². The molecule has 0 spiro atoms. The molecule has 0 bridgehead atoms. The van der Waals surface area contributed by atoms with Crippen molar-refractivity contribution in [1.82, 2.24) is 15.1 Å². The van der Waals surface area contributed by atoms with E-state index in [1.54, 1.807) is 21.3 Å². The molecule has 146 valence electrons. The Morgan fingerprint density at radius 1 is 1.08 bits per heavy atom. The molecule has 1 heterocycles. The number of ether oxygens (including phenoxy) is 3. The number of carbonyl (C=O) groups excluding carboxylic acids is 1. The molecule has 26 heavy (non-hydrogen) atoms. The second kappa shape index (κ2) is 10.9. The van der Waals surface area contributed by atoms with Crippen molar-refractivity contribution in [2.45, 2.75) is 12.8 Å². The summed E-state index contributed by atoms with van der Waals surface area (Å²) in [6, 6.07) is 6.08. The van der Waals surface area contributed by atoms with Crippen LogP contribution in [0.2, 0.25) is 0 Å². The van der Waals surface area contributed by atoms with Crippen molar-refractivity contribution in [1.29, 1.82) is 0 Å². The van der Waals surface area contributed by atoms with Gasteiger partial charge in [0.25, 0.3) is 0 Å². The highest BCUT2D eigenvalue weighted by molar-refractivity contribution is 5.74. The molecule has 0 aromatic heterocycles. The second-order valence-corrected chi connectivity index (χ2v) is 6.35. The van der Waals surface area contributed by atoms with Crippen LogP contribution >= 0.6 is 0 Å². The van der Waals surface area contributed by atoms with E-state index in [0.29, 0.717) is 13.2 Å². The van der Waals surface area contributed by atoms with Gasteiger partial charge in [-0.25, -0.2) is 4.79 Å². The van der Waals surface area contributed by atoms with Crippen LogP contribution in [-0.2, 0) is 11.2 Å². The monoisotopic (exact) mass is 365 g/mol. The highest BCUT2D eigenvalue weighted by Crippen LogP contribution is 2.27. The number of hydrogen-bond donors (Lipinski definition) is 1. The average Bonchev–Trinajstić information content (AvgIpc) is 2.69. The fourth-order valence-electron chi connectivity index (χ4n) is 3.02. The van der Waals surface area contributed by atoms with Gasteiger partial charge in [0.2, 0.25) is 0 Å². The Balaban J connectivity index is 1.71. The van der Waals surface area contributed by atoms with E-state index in [2.05, 4.69) is 16.3 Å². The number of rotatable bonds is 9. The third-order valence-electron chi connectivity index (χ3n) is 4.63. The van der Waals surface area contributed by atoms with E-state index in [-0.39, 0.29) is 6.03 Å². The smallest absolute Gasteiger partial charge is 0.317 e. The van der Waals surface area contributed by atoms with Gasteiger partial charge < -0.3 is 24.4 Å². The number of amides is 2. The number of carbonyl (C=O) groups is 1. The summed E-state index contributed by atoms with van der Waals surface area (Å²) in [4.78, 5) is 16.4. The lowest BCUT2D eigenvalue weighted by Crippen LogP contribution is -2.52. The van der Waals surface area contributed by atoms with Gasteiger partial charge in [-0.15, -0.1) is 0 Å². The Morgan fingerprint density at radius 2 is 1.81 bits per heavy atom. The fraction of sp³-hybridized carbons (Fsp3) is 0.632. The molecule has 1 fully saturated rings. The molecule has 0 aliphatic carbocycles. The third kappa shape index (κ3) is 6.07. The zero-order valence-electron chi connectivity index (χ0n) is 16.1. The highest BCUT2D eigenvalue weighted by atomic mass is 16.5. The first kappa shape index (κ1) is 20.3. The molecule has 0 atom stereocenters. The minimum absolute atomic E-state index is 0.0284.